The summed E-state index contributed by atoms with van der Waals surface area (Å²) in [5, 5.41) is 48.2. The van der Waals surface area contributed by atoms with Crippen molar-refractivity contribution in [3.8, 4) is 0 Å². The van der Waals surface area contributed by atoms with Crippen LogP contribution in [0.2, 0.25) is 0 Å². The summed E-state index contributed by atoms with van der Waals surface area (Å²) in [5.41, 5.74) is 0. The topological polar surface area (TPSA) is 129 Å². The van der Waals surface area contributed by atoms with E-state index in [2.05, 4.69) is 6.92 Å². The van der Waals surface area contributed by atoms with Gasteiger partial charge in [0, 0.05) is 6.61 Å². The van der Waals surface area contributed by atoms with Crippen molar-refractivity contribution in [1.29, 1.82) is 0 Å². The Morgan fingerprint density at radius 3 is 2.38 bits per heavy atom. The van der Waals surface area contributed by atoms with E-state index < -0.39 is 43.4 Å². The van der Waals surface area contributed by atoms with Crippen molar-refractivity contribution >= 4 is 0 Å². The standard InChI is InChI=1S/C16H32O8/c1-2-3-4-5-6-7-22-9-11(18)10-23-15-14(20)13(19)12(8-17)24-16(15)21/h11-21H,2-10H2,1H3/t11?,12-,13+,14+,15-,16-/m1/s1. The van der Waals surface area contributed by atoms with Crippen molar-refractivity contribution in [3.05, 3.63) is 0 Å². The molecule has 1 rings (SSSR count). The van der Waals surface area contributed by atoms with Crippen LogP contribution in [0, 0.1) is 0 Å². The van der Waals surface area contributed by atoms with Crippen LogP contribution in [-0.2, 0) is 14.2 Å². The van der Waals surface area contributed by atoms with Crippen LogP contribution in [-0.4, -0.2) is 88.8 Å². The van der Waals surface area contributed by atoms with Crippen LogP contribution in [0.3, 0.4) is 0 Å². The van der Waals surface area contributed by atoms with E-state index in [0.717, 1.165) is 12.8 Å². The normalized spacial score (nSPS) is 32.0. The number of aliphatic hydroxyl groups is 5. The third kappa shape index (κ3) is 7.28. The summed E-state index contributed by atoms with van der Waals surface area (Å²) in [5.74, 6) is 0. The maximum Gasteiger partial charge on any atom is 0.184 e. The number of rotatable bonds is 12. The molecule has 1 saturated heterocycles. The molecule has 1 aliphatic rings. The van der Waals surface area contributed by atoms with Crippen LogP contribution in [0.4, 0.5) is 0 Å². The van der Waals surface area contributed by atoms with Crippen molar-refractivity contribution in [1.82, 2.24) is 0 Å². The first-order chi connectivity index (χ1) is 11.5. The highest BCUT2D eigenvalue weighted by molar-refractivity contribution is 4.89. The molecule has 0 aliphatic carbocycles. The lowest BCUT2D eigenvalue weighted by Gasteiger charge is -2.40. The van der Waals surface area contributed by atoms with Crippen molar-refractivity contribution in [3.63, 3.8) is 0 Å². The largest absolute Gasteiger partial charge is 0.394 e. The van der Waals surface area contributed by atoms with Crippen molar-refractivity contribution in [2.24, 2.45) is 0 Å². The minimum atomic E-state index is -1.49. The third-order valence-corrected chi connectivity index (χ3v) is 4.03. The molecule has 0 aromatic heterocycles. The molecule has 1 fully saturated rings. The molecule has 1 heterocycles. The predicted molar refractivity (Wildman–Crippen MR) is 85.3 cm³/mol. The lowest BCUT2D eigenvalue weighted by Crippen LogP contribution is -2.59. The van der Waals surface area contributed by atoms with Crippen LogP contribution >= 0.6 is 0 Å². The Hall–Kier alpha value is -0.320. The molecule has 0 amide bonds. The predicted octanol–water partition coefficient (Wildman–Crippen LogP) is -0.849. The first kappa shape index (κ1) is 21.7. The van der Waals surface area contributed by atoms with Crippen LogP contribution in [0.25, 0.3) is 0 Å². The van der Waals surface area contributed by atoms with Crippen molar-refractivity contribution in [2.75, 3.05) is 26.4 Å². The SMILES string of the molecule is CCCCCCCOCC(O)CO[C@@H]1[C@@H](O)[C@@H](O)[C@@H](CO)O[C@H]1O. The second-order valence-corrected chi connectivity index (χ2v) is 6.17. The molecule has 8 heteroatoms. The second-order valence-electron chi connectivity index (χ2n) is 6.17. The molecule has 0 bridgehead atoms. The van der Waals surface area contributed by atoms with E-state index in [-0.39, 0.29) is 13.2 Å². The Kier molecular flexibility index (Phi) is 11.0. The van der Waals surface area contributed by atoms with E-state index in [1.54, 1.807) is 0 Å². The molecule has 0 aromatic carbocycles. The van der Waals surface area contributed by atoms with Gasteiger partial charge in [-0.25, -0.2) is 0 Å². The van der Waals surface area contributed by atoms with Crippen molar-refractivity contribution in [2.45, 2.75) is 75.8 Å². The Labute approximate surface area is 143 Å². The van der Waals surface area contributed by atoms with Gasteiger partial charge < -0.3 is 39.7 Å². The van der Waals surface area contributed by atoms with E-state index in [4.69, 9.17) is 19.3 Å². The average molecular weight is 352 g/mol. The Morgan fingerprint density at radius 2 is 1.71 bits per heavy atom. The summed E-state index contributed by atoms with van der Waals surface area (Å²) in [4.78, 5) is 0. The number of aliphatic hydroxyl groups excluding tert-OH is 5. The fourth-order valence-electron chi connectivity index (χ4n) is 2.55. The molecule has 8 nitrogen and oxygen atoms in total. The summed E-state index contributed by atoms with van der Waals surface area (Å²) >= 11 is 0. The zero-order valence-electron chi connectivity index (χ0n) is 14.3. The van der Waals surface area contributed by atoms with E-state index in [1.165, 1.54) is 19.3 Å². The van der Waals surface area contributed by atoms with Crippen LogP contribution in [0.5, 0.6) is 0 Å². The van der Waals surface area contributed by atoms with Gasteiger partial charge in [0.2, 0.25) is 0 Å². The lowest BCUT2D eigenvalue weighted by atomic mass is 9.99. The van der Waals surface area contributed by atoms with Gasteiger partial charge in [0.05, 0.1) is 19.8 Å². The average Bonchev–Trinajstić information content (AvgIpc) is 2.57. The summed E-state index contributed by atoms with van der Waals surface area (Å²) in [6, 6.07) is 0. The minimum absolute atomic E-state index is 0.0926. The van der Waals surface area contributed by atoms with Gasteiger partial charge in [-0.1, -0.05) is 32.6 Å². The fraction of sp³-hybridized carbons (Fsp3) is 1.00. The van der Waals surface area contributed by atoms with Gasteiger partial charge in [-0.3, -0.25) is 0 Å². The summed E-state index contributed by atoms with van der Waals surface area (Å²) in [6.45, 7) is 2.11. The maximum absolute atomic E-state index is 9.90. The highest BCUT2D eigenvalue weighted by Gasteiger charge is 2.44. The zero-order valence-corrected chi connectivity index (χ0v) is 14.3. The van der Waals surface area contributed by atoms with E-state index in [9.17, 15) is 20.4 Å². The Bertz CT molecular complexity index is 316. The first-order valence-electron chi connectivity index (χ1n) is 8.69. The smallest absolute Gasteiger partial charge is 0.184 e. The number of hydrogen-bond donors (Lipinski definition) is 5. The lowest BCUT2D eigenvalue weighted by molar-refractivity contribution is -0.299. The molecule has 0 radical (unpaired) electrons. The minimum Gasteiger partial charge on any atom is -0.394 e. The monoisotopic (exact) mass is 352 g/mol. The van der Waals surface area contributed by atoms with E-state index in [0.29, 0.717) is 6.61 Å². The highest BCUT2D eigenvalue weighted by atomic mass is 16.7. The van der Waals surface area contributed by atoms with E-state index >= 15 is 0 Å². The molecule has 1 unspecified atom stereocenters. The molecule has 24 heavy (non-hydrogen) atoms. The fourth-order valence-corrected chi connectivity index (χ4v) is 2.55. The van der Waals surface area contributed by atoms with Gasteiger partial charge in [-0.05, 0) is 6.42 Å². The third-order valence-electron chi connectivity index (χ3n) is 4.03. The second kappa shape index (κ2) is 12.1. The van der Waals surface area contributed by atoms with E-state index in [1.807, 2.05) is 0 Å². The van der Waals surface area contributed by atoms with Gasteiger partial charge in [0.15, 0.2) is 6.29 Å². The summed E-state index contributed by atoms with van der Waals surface area (Å²) in [7, 11) is 0. The van der Waals surface area contributed by atoms with Crippen LogP contribution < -0.4 is 0 Å². The zero-order chi connectivity index (χ0) is 17.9. The van der Waals surface area contributed by atoms with Gasteiger partial charge >= 0.3 is 0 Å². The molecule has 6 atom stereocenters. The quantitative estimate of drug-likeness (QED) is 0.287. The molecule has 0 aromatic rings. The molecule has 0 spiro atoms. The molecule has 0 saturated carbocycles. The van der Waals surface area contributed by atoms with Gasteiger partial charge in [0.1, 0.15) is 30.5 Å². The number of hydrogen-bond acceptors (Lipinski definition) is 8. The number of unbranched alkanes of at least 4 members (excludes halogenated alkanes) is 4. The van der Waals surface area contributed by atoms with Crippen LogP contribution in [0.1, 0.15) is 39.0 Å². The van der Waals surface area contributed by atoms with Gasteiger partial charge in [0.25, 0.3) is 0 Å². The Morgan fingerprint density at radius 1 is 1.00 bits per heavy atom. The first-order valence-corrected chi connectivity index (χ1v) is 8.69. The molecular formula is C16H32O8. The molecule has 5 N–H and O–H groups in total. The highest BCUT2D eigenvalue weighted by Crippen LogP contribution is 2.22. The van der Waals surface area contributed by atoms with Gasteiger partial charge in [-0.2, -0.15) is 0 Å². The summed E-state index contributed by atoms with van der Waals surface area (Å²) in [6.07, 6.45) is -1.85. The Balaban J connectivity index is 2.18. The maximum atomic E-state index is 9.90. The number of ether oxygens (including phenoxy) is 3. The van der Waals surface area contributed by atoms with Crippen LogP contribution in [0.15, 0.2) is 0 Å². The van der Waals surface area contributed by atoms with Gasteiger partial charge in [-0.15, -0.1) is 0 Å². The van der Waals surface area contributed by atoms with Crippen molar-refractivity contribution < 1.29 is 39.7 Å². The molecule has 144 valence electrons. The summed E-state index contributed by atoms with van der Waals surface area (Å²) < 4.78 is 15.6. The molecule has 1 aliphatic heterocycles. The molecular weight excluding hydrogens is 320 g/mol.